The second-order valence-corrected chi connectivity index (χ2v) is 7.02. The van der Waals surface area contributed by atoms with E-state index in [0.29, 0.717) is 24.0 Å². The third kappa shape index (κ3) is 3.66. The molecule has 6 heteroatoms. The molecule has 0 radical (unpaired) electrons. The molecule has 130 valence electrons. The van der Waals surface area contributed by atoms with Crippen molar-refractivity contribution in [1.29, 1.82) is 0 Å². The standard InChI is InChI=1S/C18H24ClN3O2/c1-2-15-5-3-4-10-21(15)18(24)20-14-11-17(23)22(12-14)16-8-6-13(19)7-9-16/h6-9,14-15H,2-5,10-12H2,1H3,(H,20,24)/t14-,15+/m1/s1. The summed E-state index contributed by atoms with van der Waals surface area (Å²) in [4.78, 5) is 28.5. The van der Waals surface area contributed by atoms with Crippen LogP contribution in [0.1, 0.15) is 39.0 Å². The first-order chi connectivity index (χ1) is 11.6. The molecule has 1 aromatic rings. The second-order valence-electron chi connectivity index (χ2n) is 6.58. The summed E-state index contributed by atoms with van der Waals surface area (Å²) < 4.78 is 0. The summed E-state index contributed by atoms with van der Waals surface area (Å²) in [6.45, 7) is 3.44. The molecule has 2 aliphatic rings. The van der Waals surface area contributed by atoms with Crippen LogP contribution in [0.5, 0.6) is 0 Å². The van der Waals surface area contributed by atoms with Crippen LogP contribution in [0.3, 0.4) is 0 Å². The average Bonchev–Trinajstić information content (AvgIpc) is 2.95. The average molecular weight is 350 g/mol. The Hall–Kier alpha value is -1.75. The van der Waals surface area contributed by atoms with E-state index < -0.39 is 0 Å². The van der Waals surface area contributed by atoms with Crippen LogP contribution in [-0.2, 0) is 4.79 Å². The molecule has 3 amide bonds. The van der Waals surface area contributed by atoms with Gasteiger partial charge in [0, 0.05) is 36.3 Å². The maximum Gasteiger partial charge on any atom is 0.317 e. The summed E-state index contributed by atoms with van der Waals surface area (Å²) in [7, 11) is 0. The number of nitrogens with zero attached hydrogens (tertiary/aromatic N) is 2. The van der Waals surface area contributed by atoms with E-state index in [9.17, 15) is 9.59 Å². The summed E-state index contributed by atoms with van der Waals surface area (Å²) in [6.07, 6.45) is 4.65. The maximum absolute atomic E-state index is 12.6. The number of likely N-dealkylation sites (tertiary alicyclic amines) is 1. The number of halogens is 1. The number of rotatable bonds is 3. The van der Waals surface area contributed by atoms with Crippen LogP contribution < -0.4 is 10.2 Å². The molecule has 0 spiro atoms. The topological polar surface area (TPSA) is 52.7 Å². The predicted octanol–water partition coefficient (Wildman–Crippen LogP) is 3.42. The quantitative estimate of drug-likeness (QED) is 0.909. The normalized spacial score (nSPS) is 24.3. The number of benzene rings is 1. The lowest BCUT2D eigenvalue weighted by Gasteiger charge is -2.35. The van der Waals surface area contributed by atoms with Gasteiger partial charge in [0.05, 0.1) is 6.04 Å². The lowest BCUT2D eigenvalue weighted by atomic mass is 10.0. The van der Waals surface area contributed by atoms with Crippen LogP contribution in [0.15, 0.2) is 24.3 Å². The van der Waals surface area contributed by atoms with Crippen molar-refractivity contribution >= 4 is 29.2 Å². The predicted molar refractivity (Wildman–Crippen MR) is 95.4 cm³/mol. The number of carbonyl (C=O) groups excluding carboxylic acids is 2. The van der Waals surface area contributed by atoms with Crippen molar-refractivity contribution in [3.8, 4) is 0 Å². The van der Waals surface area contributed by atoms with Gasteiger partial charge < -0.3 is 15.1 Å². The molecule has 24 heavy (non-hydrogen) atoms. The molecule has 0 unspecified atom stereocenters. The smallest absolute Gasteiger partial charge is 0.317 e. The highest BCUT2D eigenvalue weighted by molar-refractivity contribution is 6.30. The van der Waals surface area contributed by atoms with Crippen molar-refractivity contribution in [1.82, 2.24) is 10.2 Å². The van der Waals surface area contributed by atoms with Crippen LogP contribution in [0.2, 0.25) is 5.02 Å². The van der Waals surface area contributed by atoms with Crippen molar-refractivity contribution in [2.75, 3.05) is 18.0 Å². The minimum absolute atomic E-state index is 0.0303. The zero-order valence-corrected chi connectivity index (χ0v) is 14.8. The molecule has 0 aliphatic carbocycles. The van der Waals surface area contributed by atoms with Gasteiger partial charge in [0.15, 0.2) is 0 Å². The summed E-state index contributed by atoms with van der Waals surface area (Å²) in [5.74, 6) is 0.0355. The number of urea groups is 1. The third-order valence-electron chi connectivity index (χ3n) is 4.95. The van der Waals surface area contributed by atoms with Crippen molar-refractivity contribution in [2.45, 2.75) is 51.1 Å². The number of piperidine rings is 1. The molecule has 2 heterocycles. The van der Waals surface area contributed by atoms with Crippen LogP contribution >= 0.6 is 11.6 Å². The molecule has 2 fully saturated rings. The Labute approximate surface area is 147 Å². The van der Waals surface area contributed by atoms with Crippen molar-refractivity contribution in [2.24, 2.45) is 0 Å². The molecule has 1 aromatic carbocycles. The molecule has 1 N–H and O–H groups in total. The van der Waals surface area contributed by atoms with E-state index in [1.807, 2.05) is 17.0 Å². The van der Waals surface area contributed by atoms with Gasteiger partial charge in [0.2, 0.25) is 5.91 Å². The fraction of sp³-hybridized carbons (Fsp3) is 0.556. The zero-order chi connectivity index (χ0) is 17.1. The van der Waals surface area contributed by atoms with Gasteiger partial charge in [-0.1, -0.05) is 18.5 Å². The number of hydrogen-bond donors (Lipinski definition) is 1. The highest BCUT2D eigenvalue weighted by atomic mass is 35.5. The number of nitrogens with one attached hydrogen (secondary N) is 1. The molecule has 3 rings (SSSR count). The van der Waals surface area contributed by atoms with Crippen molar-refractivity contribution in [3.63, 3.8) is 0 Å². The van der Waals surface area contributed by atoms with Gasteiger partial charge in [-0.15, -0.1) is 0 Å². The first-order valence-corrected chi connectivity index (χ1v) is 9.09. The molecule has 2 aliphatic heterocycles. The van der Waals surface area contributed by atoms with Crippen LogP contribution in [-0.4, -0.2) is 42.0 Å². The van der Waals surface area contributed by atoms with Gasteiger partial charge in [-0.05, 0) is 49.9 Å². The molecule has 5 nitrogen and oxygen atoms in total. The summed E-state index contributed by atoms with van der Waals surface area (Å²) >= 11 is 5.90. The fourth-order valence-corrected chi connectivity index (χ4v) is 3.75. The van der Waals surface area contributed by atoms with Gasteiger partial charge in [-0.3, -0.25) is 4.79 Å². The first-order valence-electron chi connectivity index (χ1n) is 8.71. The van der Waals surface area contributed by atoms with E-state index >= 15 is 0 Å². The largest absolute Gasteiger partial charge is 0.333 e. The number of anilines is 1. The van der Waals surface area contributed by atoms with Gasteiger partial charge in [-0.2, -0.15) is 0 Å². The monoisotopic (exact) mass is 349 g/mol. The van der Waals surface area contributed by atoms with E-state index in [1.54, 1.807) is 17.0 Å². The van der Waals surface area contributed by atoms with E-state index in [-0.39, 0.29) is 18.0 Å². The Morgan fingerprint density at radius 1 is 1.29 bits per heavy atom. The minimum atomic E-state index is -0.139. The van der Waals surface area contributed by atoms with Gasteiger partial charge in [0.25, 0.3) is 0 Å². The SMILES string of the molecule is CC[C@H]1CCCCN1C(=O)N[C@@H]1CC(=O)N(c2ccc(Cl)cc2)C1. The molecule has 2 atom stereocenters. The third-order valence-corrected chi connectivity index (χ3v) is 5.20. The Morgan fingerprint density at radius 2 is 2.04 bits per heavy atom. The number of amides is 3. The highest BCUT2D eigenvalue weighted by Gasteiger charge is 2.34. The second kappa shape index (κ2) is 7.43. The molecule has 0 aromatic heterocycles. The highest BCUT2D eigenvalue weighted by Crippen LogP contribution is 2.24. The Bertz CT molecular complexity index is 605. The molecule has 2 saturated heterocycles. The molecular formula is C18H24ClN3O2. The molecular weight excluding hydrogens is 326 g/mol. The number of carbonyl (C=O) groups is 2. The van der Waals surface area contributed by atoms with Crippen LogP contribution in [0.25, 0.3) is 0 Å². The van der Waals surface area contributed by atoms with Crippen molar-refractivity contribution < 1.29 is 9.59 Å². The van der Waals surface area contributed by atoms with E-state index in [0.717, 1.165) is 31.5 Å². The van der Waals surface area contributed by atoms with Crippen LogP contribution in [0, 0.1) is 0 Å². The first kappa shape index (κ1) is 17.1. The fourth-order valence-electron chi connectivity index (χ4n) is 3.62. The van der Waals surface area contributed by atoms with Gasteiger partial charge in [0.1, 0.15) is 0 Å². The summed E-state index contributed by atoms with van der Waals surface area (Å²) in [5, 5.41) is 3.70. The van der Waals surface area contributed by atoms with Crippen molar-refractivity contribution in [3.05, 3.63) is 29.3 Å². The van der Waals surface area contributed by atoms with E-state index in [4.69, 9.17) is 11.6 Å². The molecule has 0 bridgehead atoms. The Kier molecular flexibility index (Phi) is 5.29. The zero-order valence-electron chi connectivity index (χ0n) is 14.0. The van der Waals surface area contributed by atoms with E-state index in [1.165, 1.54) is 6.42 Å². The molecule has 0 saturated carbocycles. The van der Waals surface area contributed by atoms with Gasteiger partial charge >= 0.3 is 6.03 Å². The summed E-state index contributed by atoms with van der Waals surface area (Å²) in [6, 6.07) is 7.37. The van der Waals surface area contributed by atoms with Crippen LogP contribution in [0.4, 0.5) is 10.5 Å². The lowest BCUT2D eigenvalue weighted by molar-refractivity contribution is -0.117. The Balaban J connectivity index is 1.61. The lowest BCUT2D eigenvalue weighted by Crippen LogP contribution is -2.51. The Morgan fingerprint density at radius 3 is 2.75 bits per heavy atom. The number of hydrogen-bond acceptors (Lipinski definition) is 2. The van der Waals surface area contributed by atoms with E-state index in [2.05, 4.69) is 12.2 Å². The minimum Gasteiger partial charge on any atom is -0.333 e. The van der Waals surface area contributed by atoms with Gasteiger partial charge in [-0.25, -0.2) is 4.79 Å². The summed E-state index contributed by atoms with van der Waals surface area (Å²) in [5.41, 5.74) is 0.825. The maximum atomic E-state index is 12.6.